The third kappa shape index (κ3) is 7.08. The van der Waals surface area contributed by atoms with E-state index in [-0.39, 0.29) is 17.8 Å². The van der Waals surface area contributed by atoms with E-state index in [0.717, 1.165) is 58.6 Å². The third-order valence-electron chi connectivity index (χ3n) is 6.62. The van der Waals surface area contributed by atoms with Crippen molar-refractivity contribution in [3.05, 3.63) is 66.2 Å². The van der Waals surface area contributed by atoms with E-state index in [1.807, 2.05) is 24.4 Å². The van der Waals surface area contributed by atoms with E-state index in [9.17, 15) is 9.18 Å². The maximum atomic E-state index is 15.0. The van der Waals surface area contributed by atoms with E-state index < -0.39 is 5.82 Å². The van der Waals surface area contributed by atoms with E-state index in [2.05, 4.69) is 25.9 Å². The molecule has 3 heterocycles. The molecule has 1 aliphatic carbocycles. The first-order valence-electron chi connectivity index (χ1n) is 13.2. The summed E-state index contributed by atoms with van der Waals surface area (Å²) in [6.45, 7) is 2.15. The molecule has 10 heteroatoms. The van der Waals surface area contributed by atoms with E-state index >= 15 is 0 Å². The van der Waals surface area contributed by atoms with Gasteiger partial charge in [0.05, 0.1) is 27.4 Å². The number of hydrogen-bond donors (Lipinski definition) is 3. The van der Waals surface area contributed by atoms with Crippen LogP contribution in [0.4, 0.5) is 14.9 Å². The number of rotatable bonds is 10. The Balaban J connectivity index is 1.25. The van der Waals surface area contributed by atoms with Crippen molar-refractivity contribution in [3.63, 3.8) is 0 Å². The summed E-state index contributed by atoms with van der Waals surface area (Å²) in [7, 11) is 1.68. The minimum atomic E-state index is -0.566. The number of methoxy groups -OCH3 is 1. The highest BCUT2D eigenvalue weighted by atomic mass is 32.1. The Hall–Kier alpha value is -3.60. The number of ether oxygens (including phenoxy) is 2. The number of hydrogen-bond acceptors (Lipinski definition) is 7. The molecule has 1 saturated carbocycles. The number of pyridine rings is 2. The number of urea groups is 1. The van der Waals surface area contributed by atoms with Crippen LogP contribution in [0.1, 0.15) is 37.7 Å². The number of amides is 2. The molecule has 3 aromatic heterocycles. The zero-order valence-electron chi connectivity index (χ0n) is 21.8. The molecule has 0 saturated heterocycles. The van der Waals surface area contributed by atoms with Crippen LogP contribution in [0.25, 0.3) is 20.8 Å². The number of anilines is 1. The highest BCUT2D eigenvalue weighted by Gasteiger charge is 2.17. The maximum absolute atomic E-state index is 15.0. The van der Waals surface area contributed by atoms with Crippen LogP contribution in [0.2, 0.25) is 0 Å². The number of thiophene rings is 1. The summed E-state index contributed by atoms with van der Waals surface area (Å²) in [5.74, 6) is 0.00701. The molecule has 8 nitrogen and oxygen atoms in total. The summed E-state index contributed by atoms with van der Waals surface area (Å²) in [4.78, 5) is 22.3. The first-order chi connectivity index (χ1) is 19.1. The number of fused-ring (bicyclic) bond motifs is 1. The molecule has 0 atom stereocenters. The smallest absolute Gasteiger partial charge is 0.319 e. The highest BCUT2D eigenvalue weighted by Crippen LogP contribution is 2.39. The average Bonchev–Trinajstić information content (AvgIpc) is 3.39. The van der Waals surface area contributed by atoms with Crippen molar-refractivity contribution >= 4 is 33.3 Å². The summed E-state index contributed by atoms with van der Waals surface area (Å²) in [6.07, 6.45) is 8.90. The molecule has 1 fully saturated rings. The predicted octanol–water partition coefficient (Wildman–Crippen LogP) is 6.48. The van der Waals surface area contributed by atoms with E-state index in [4.69, 9.17) is 9.47 Å². The first-order valence-corrected chi connectivity index (χ1v) is 14.0. The molecular formula is C29H32FN5O3S. The second-order valence-electron chi connectivity index (χ2n) is 9.54. The molecule has 2 amide bonds. The van der Waals surface area contributed by atoms with Crippen LogP contribution in [0.5, 0.6) is 11.5 Å². The first kappa shape index (κ1) is 27.0. The molecule has 1 aromatic carbocycles. The van der Waals surface area contributed by atoms with Gasteiger partial charge in [0.2, 0.25) is 0 Å². The number of carbonyl (C=O) groups is 1. The van der Waals surface area contributed by atoms with E-state index in [0.29, 0.717) is 24.6 Å². The van der Waals surface area contributed by atoms with Crippen molar-refractivity contribution < 1.29 is 18.7 Å². The van der Waals surface area contributed by atoms with Gasteiger partial charge < -0.3 is 25.4 Å². The Morgan fingerprint density at radius 1 is 1.08 bits per heavy atom. The molecule has 0 spiro atoms. The molecule has 0 bridgehead atoms. The lowest BCUT2D eigenvalue weighted by atomic mass is 9.96. The molecule has 0 radical (unpaired) electrons. The Morgan fingerprint density at radius 2 is 1.95 bits per heavy atom. The van der Waals surface area contributed by atoms with Crippen LogP contribution in [-0.2, 0) is 11.3 Å². The van der Waals surface area contributed by atoms with Crippen LogP contribution >= 0.6 is 11.3 Å². The van der Waals surface area contributed by atoms with E-state index in [1.54, 1.807) is 25.4 Å². The second-order valence-corrected chi connectivity index (χ2v) is 10.6. The van der Waals surface area contributed by atoms with Gasteiger partial charge in [0.15, 0.2) is 11.6 Å². The molecule has 5 rings (SSSR count). The zero-order valence-corrected chi connectivity index (χ0v) is 22.7. The fourth-order valence-corrected chi connectivity index (χ4v) is 5.62. The van der Waals surface area contributed by atoms with Crippen LogP contribution < -0.4 is 20.7 Å². The lowest BCUT2D eigenvalue weighted by Gasteiger charge is -2.22. The SMILES string of the molecule is COCCNCc1ccc(-c2cc3nccc(Oc4ccc(NC(=O)NC5CCCCC5)cc4F)c3s2)nc1. The Kier molecular flexibility index (Phi) is 8.97. The van der Waals surface area contributed by atoms with Gasteiger partial charge in [-0.05, 0) is 42.7 Å². The third-order valence-corrected chi connectivity index (χ3v) is 7.78. The van der Waals surface area contributed by atoms with Gasteiger partial charge in [-0.2, -0.15) is 0 Å². The molecule has 1 aliphatic rings. The van der Waals surface area contributed by atoms with Crippen molar-refractivity contribution in [2.45, 2.75) is 44.7 Å². The quantitative estimate of drug-likeness (QED) is 0.196. The van der Waals surface area contributed by atoms with Crippen LogP contribution in [-0.4, -0.2) is 42.3 Å². The number of nitrogens with zero attached hydrogens (tertiary/aromatic N) is 2. The average molecular weight is 550 g/mol. The van der Waals surface area contributed by atoms with Gasteiger partial charge in [-0.3, -0.25) is 9.97 Å². The van der Waals surface area contributed by atoms with Gasteiger partial charge in [-0.15, -0.1) is 11.3 Å². The van der Waals surface area contributed by atoms with Gasteiger partial charge >= 0.3 is 6.03 Å². The second kappa shape index (κ2) is 13.0. The minimum absolute atomic E-state index is 0.0686. The normalized spacial score (nSPS) is 13.9. The number of benzene rings is 1. The molecular weight excluding hydrogens is 517 g/mol. The van der Waals surface area contributed by atoms with Crippen LogP contribution in [0.3, 0.4) is 0 Å². The summed E-state index contributed by atoms with van der Waals surface area (Å²) >= 11 is 1.49. The number of nitrogens with one attached hydrogen (secondary N) is 3. The number of halogens is 1. The van der Waals surface area contributed by atoms with Crippen molar-refractivity contribution in [2.75, 3.05) is 25.6 Å². The summed E-state index contributed by atoms with van der Waals surface area (Å²) in [5.41, 5.74) is 3.03. The van der Waals surface area contributed by atoms with Gasteiger partial charge in [0.25, 0.3) is 0 Å². The molecule has 204 valence electrons. The van der Waals surface area contributed by atoms with Crippen molar-refractivity contribution in [2.24, 2.45) is 0 Å². The lowest BCUT2D eigenvalue weighted by molar-refractivity contribution is 0.199. The maximum Gasteiger partial charge on any atom is 0.319 e. The molecule has 39 heavy (non-hydrogen) atoms. The van der Waals surface area contributed by atoms with Crippen molar-refractivity contribution in [1.29, 1.82) is 0 Å². The minimum Gasteiger partial charge on any atom is -0.453 e. The monoisotopic (exact) mass is 549 g/mol. The Bertz CT molecular complexity index is 1410. The zero-order chi connectivity index (χ0) is 27.0. The summed E-state index contributed by atoms with van der Waals surface area (Å²) < 4.78 is 26.8. The Morgan fingerprint density at radius 3 is 2.72 bits per heavy atom. The molecule has 0 aliphatic heterocycles. The molecule has 0 unspecified atom stereocenters. The fourth-order valence-electron chi connectivity index (χ4n) is 4.58. The van der Waals surface area contributed by atoms with Gasteiger partial charge in [-0.1, -0.05) is 25.3 Å². The van der Waals surface area contributed by atoms with Gasteiger partial charge in [0, 0.05) is 56.5 Å². The summed E-state index contributed by atoms with van der Waals surface area (Å²) in [5, 5.41) is 9.00. The van der Waals surface area contributed by atoms with Gasteiger partial charge in [-0.25, -0.2) is 9.18 Å². The topological polar surface area (TPSA) is 97.4 Å². The summed E-state index contributed by atoms with van der Waals surface area (Å²) in [6, 6.07) is 12.0. The van der Waals surface area contributed by atoms with Gasteiger partial charge in [0.1, 0.15) is 5.75 Å². The lowest BCUT2D eigenvalue weighted by Crippen LogP contribution is -2.39. The Labute approximate surface area is 231 Å². The molecule has 4 aromatic rings. The predicted molar refractivity (Wildman–Crippen MR) is 152 cm³/mol. The van der Waals surface area contributed by atoms with Crippen LogP contribution in [0.15, 0.2) is 54.9 Å². The van der Waals surface area contributed by atoms with Crippen molar-refractivity contribution in [1.82, 2.24) is 20.6 Å². The van der Waals surface area contributed by atoms with E-state index in [1.165, 1.54) is 29.9 Å². The standard InChI is InChI=1S/C29H32FN5O3S/c1-37-14-13-31-17-19-7-9-23(33-18-19)27-16-24-28(39-27)26(11-12-32-24)38-25-10-8-21(15-22(25)30)35-29(36)34-20-5-3-2-4-6-20/h7-12,15-16,18,20,31H,2-6,13-14,17H2,1H3,(H2,34,35,36). The largest absolute Gasteiger partial charge is 0.453 e. The number of aromatic nitrogens is 2. The number of carbonyl (C=O) groups excluding carboxylic acids is 1. The van der Waals surface area contributed by atoms with Crippen molar-refractivity contribution in [3.8, 4) is 22.1 Å². The fraction of sp³-hybridized carbons (Fsp3) is 0.345. The molecule has 3 N–H and O–H groups in total. The van der Waals surface area contributed by atoms with Crippen LogP contribution in [0, 0.1) is 5.82 Å². The highest BCUT2D eigenvalue weighted by molar-refractivity contribution is 7.22.